The van der Waals surface area contributed by atoms with Crippen molar-refractivity contribution in [3.63, 3.8) is 0 Å². The molecule has 122 valence electrons. The highest BCUT2D eigenvalue weighted by Crippen LogP contribution is 2.31. The van der Waals surface area contributed by atoms with E-state index in [1.54, 1.807) is 18.2 Å². The largest absolute Gasteiger partial charge is 0.418 e. The van der Waals surface area contributed by atoms with Gasteiger partial charge in [0.05, 0.1) is 11.1 Å². The van der Waals surface area contributed by atoms with E-state index in [1.807, 2.05) is 35.2 Å². The number of nitrogens with one attached hydrogen (secondary N) is 1. The quantitative estimate of drug-likeness (QED) is 0.784. The van der Waals surface area contributed by atoms with Crippen molar-refractivity contribution in [2.24, 2.45) is 0 Å². The first kappa shape index (κ1) is 15.8. The van der Waals surface area contributed by atoms with Crippen LogP contribution in [0.4, 0.5) is 18.9 Å². The summed E-state index contributed by atoms with van der Waals surface area (Å²) in [5, 5.41) is 2.49. The number of amides is 1. The molecule has 0 atom stereocenters. The second-order valence-electron chi connectivity index (χ2n) is 5.01. The molecule has 4 nitrogen and oxygen atoms in total. The molecule has 0 spiro atoms. The van der Waals surface area contributed by atoms with Gasteiger partial charge in [0.15, 0.2) is 0 Å². The van der Waals surface area contributed by atoms with Crippen molar-refractivity contribution in [2.75, 3.05) is 5.32 Å². The van der Waals surface area contributed by atoms with Crippen LogP contribution in [0.25, 0.3) is 5.69 Å². The van der Waals surface area contributed by atoms with Crippen LogP contribution in [0, 0.1) is 0 Å². The smallest absolute Gasteiger partial charge is 0.324 e. The molecule has 0 radical (unpaired) electrons. The normalized spacial score (nSPS) is 11.3. The SMILES string of the molecule is O=C(Nc1cccc(-n2cccc2)c1)c1ccncc1C(F)(F)F. The number of halogens is 3. The van der Waals surface area contributed by atoms with E-state index < -0.39 is 23.2 Å². The Hall–Kier alpha value is -3.09. The van der Waals surface area contributed by atoms with Crippen LogP contribution in [0.1, 0.15) is 15.9 Å². The Bertz CT molecular complexity index is 858. The number of alkyl halides is 3. The number of hydrogen-bond donors (Lipinski definition) is 1. The van der Waals surface area contributed by atoms with Gasteiger partial charge in [-0.3, -0.25) is 9.78 Å². The minimum absolute atomic E-state index is 0.399. The molecule has 24 heavy (non-hydrogen) atoms. The predicted octanol–water partition coefficient (Wildman–Crippen LogP) is 4.14. The third kappa shape index (κ3) is 3.29. The summed E-state index contributed by atoms with van der Waals surface area (Å²) >= 11 is 0. The van der Waals surface area contributed by atoms with E-state index in [0.717, 1.165) is 18.0 Å². The van der Waals surface area contributed by atoms with E-state index in [-0.39, 0.29) is 0 Å². The van der Waals surface area contributed by atoms with Crippen LogP contribution >= 0.6 is 0 Å². The maximum atomic E-state index is 13.0. The summed E-state index contributed by atoms with van der Waals surface area (Å²) in [5.74, 6) is -0.839. The highest BCUT2D eigenvalue weighted by Gasteiger charge is 2.35. The minimum atomic E-state index is -4.64. The van der Waals surface area contributed by atoms with Crippen LogP contribution in [-0.4, -0.2) is 15.5 Å². The van der Waals surface area contributed by atoms with Crippen LogP contribution in [-0.2, 0) is 6.18 Å². The molecule has 0 aliphatic heterocycles. The zero-order chi connectivity index (χ0) is 17.2. The highest BCUT2D eigenvalue weighted by atomic mass is 19.4. The summed E-state index contributed by atoms with van der Waals surface area (Å²) in [4.78, 5) is 15.7. The van der Waals surface area contributed by atoms with Gasteiger partial charge in [0.25, 0.3) is 5.91 Å². The number of hydrogen-bond acceptors (Lipinski definition) is 2. The first-order valence-electron chi connectivity index (χ1n) is 7.01. The van der Waals surface area contributed by atoms with E-state index in [1.165, 1.54) is 0 Å². The molecule has 1 amide bonds. The Balaban J connectivity index is 1.88. The first-order chi connectivity index (χ1) is 11.4. The third-order valence-corrected chi connectivity index (χ3v) is 3.38. The molecule has 2 heterocycles. The number of pyridine rings is 1. The summed E-state index contributed by atoms with van der Waals surface area (Å²) in [6.45, 7) is 0. The fraction of sp³-hybridized carbons (Fsp3) is 0.0588. The van der Waals surface area contributed by atoms with Gasteiger partial charge in [0.1, 0.15) is 0 Å². The number of nitrogens with zero attached hydrogens (tertiary/aromatic N) is 2. The van der Waals surface area contributed by atoms with Gasteiger partial charge in [-0.1, -0.05) is 6.07 Å². The Morgan fingerprint density at radius 3 is 2.54 bits per heavy atom. The lowest BCUT2D eigenvalue weighted by atomic mass is 10.1. The minimum Gasteiger partial charge on any atom is -0.324 e. The average molecular weight is 331 g/mol. The Kier molecular flexibility index (Phi) is 4.07. The molecule has 0 aliphatic carbocycles. The lowest BCUT2D eigenvalue weighted by molar-refractivity contribution is -0.138. The van der Waals surface area contributed by atoms with Gasteiger partial charge in [-0.05, 0) is 36.4 Å². The summed E-state index contributed by atoms with van der Waals surface area (Å²) in [6.07, 6.45) is 0.802. The highest BCUT2D eigenvalue weighted by molar-refractivity contribution is 6.05. The second-order valence-corrected chi connectivity index (χ2v) is 5.01. The van der Waals surface area contributed by atoms with Gasteiger partial charge in [-0.2, -0.15) is 13.2 Å². The number of benzene rings is 1. The van der Waals surface area contributed by atoms with Crippen LogP contribution in [0.15, 0.2) is 67.3 Å². The Labute approximate surface area is 135 Å². The summed E-state index contributed by atoms with van der Waals surface area (Å²) in [5.41, 5.74) is -0.354. The van der Waals surface area contributed by atoms with E-state index >= 15 is 0 Å². The number of carbonyl (C=O) groups is 1. The molecule has 1 aromatic carbocycles. The van der Waals surface area contributed by atoms with E-state index in [9.17, 15) is 18.0 Å². The van der Waals surface area contributed by atoms with Gasteiger partial charge in [-0.25, -0.2) is 0 Å². The maximum Gasteiger partial charge on any atom is 0.418 e. The molecular formula is C17H12F3N3O. The monoisotopic (exact) mass is 331 g/mol. The Morgan fingerprint density at radius 2 is 1.83 bits per heavy atom. The summed E-state index contributed by atoms with van der Waals surface area (Å²) < 4.78 is 40.7. The molecule has 0 saturated carbocycles. The van der Waals surface area contributed by atoms with Gasteiger partial charge in [0, 0.05) is 36.2 Å². The molecule has 0 aliphatic rings. The maximum absolute atomic E-state index is 13.0. The van der Waals surface area contributed by atoms with Crippen LogP contribution in [0.3, 0.4) is 0 Å². The molecule has 0 unspecified atom stereocenters. The molecule has 0 fully saturated rings. The lowest BCUT2D eigenvalue weighted by Gasteiger charge is -2.13. The Morgan fingerprint density at radius 1 is 1.08 bits per heavy atom. The van der Waals surface area contributed by atoms with Crippen molar-refractivity contribution in [3.8, 4) is 5.69 Å². The van der Waals surface area contributed by atoms with Crippen molar-refractivity contribution in [1.82, 2.24) is 9.55 Å². The van der Waals surface area contributed by atoms with Crippen molar-refractivity contribution in [2.45, 2.75) is 6.18 Å². The predicted molar refractivity (Wildman–Crippen MR) is 83.0 cm³/mol. The molecule has 0 saturated heterocycles. The van der Waals surface area contributed by atoms with Gasteiger partial charge >= 0.3 is 6.18 Å². The van der Waals surface area contributed by atoms with Gasteiger partial charge < -0.3 is 9.88 Å². The fourth-order valence-corrected chi connectivity index (χ4v) is 2.27. The fourth-order valence-electron chi connectivity index (χ4n) is 2.27. The van der Waals surface area contributed by atoms with E-state index in [0.29, 0.717) is 11.9 Å². The first-order valence-corrected chi connectivity index (χ1v) is 7.01. The van der Waals surface area contributed by atoms with Crippen molar-refractivity contribution < 1.29 is 18.0 Å². The zero-order valence-electron chi connectivity index (χ0n) is 12.3. The number of rotatable bonds is 3. The average Bonchev–Trinajstić information content (AvgIpc) is 3.09. The summed E-state index contributed by atoms with van der Waals surface area (Å²) in [6, 6.07) is 11.6. The molecule has 3 rings (SSSR count). The van der Waals surface area contributed by atoms with Crippen molar-refractivity contribution in [3.05, 3.63) is 78.4 Å². The van der Waals surface area contributed by atoms with E-state index in [4.69, 9.17) is 0 Å². The van der Waals surface area contributed by atoms with Crippen LogP contribution in [0.2, 0.25) is 0 Å². The molecular weight excluding hydrogens is 319 g/mol. The van der Waals surface area contributed by atoms with Crippen LogP contribution < -0.4 is 5.32 Å². The second kappa shape index (κ2) is 6.19. The number of anilines is 1. The topological polar surface area (TPSA) is 46.9 Å². The molecule has 7 heteroatoms. The zero-order valence-corrected chi connectivity index (χ0v) is 12.3. The number of aromatic nitrogens is 2. The molecule has 0 bridgehead atoms. The molecule has 2 aromatic heterocycles. The van der Waals surface area contributed by atoms with Gasteiger partial charge in [-0.15, -0.1) is 0 Å². The summed E-state index contributed by atoms with van der Waals surface area (Å²) in [7, 11) is 0. The van der Waals surface area contributed by atoms with Crippen LogP contribution in [0.5, 0.6) is 0 Å². The standard InChI is InChI=1S/C17H12F3N3O/c18-17(19,20)15-11-21-7-6-14(15)16(24)22-12-4-3-5-13(10-12)23-8-1-2-9-23/h1-11H,(H,22,24). The third-order valence-electron chi connectivity index (χ3n) is 3.38. The molecule has 3 aromatic rings. The molecule has 1 N–H and O–H groups in total. The van der Waals surface area contributed by atoms with E-state index in [2.05, 4.69) is 10.3 Å². The lowest BCUT2D eigenvalue weighted by Crippen LogP contribution is -2.19. The van der Waals surface area contributed by atoms with Gasteiger partial charge in [0.2, 0.25) is 0 Å². The van der Waals surface area contributed by atoms with Crippen molar-refractivity contribution >= 4 is 11.6 Å². The van der Waals surface area contributed by atoms with Crippen molar-refractivity contribution in [1.29, 1.82) is 0 Å². The number of carbonyl (C=O) groups excluding carboxylic acids is 1.